The largest absolute Gasteiger partial charge is 0.460 e. The number of ether oxygens (including phenoxy) is 1. The molecule has 2 saturated carbocycles. The highest BCUT2D eigenvalue weighted by Crippen LogP contribution is 2.47. The second kappa shape index (κ2) is 15.6. The molecule has 5 aliphatic rings. The van der Waals surface area contributed by atoms with Crippen LogP contribution in [-0.2, 0) is 33.9 Å². The smallest absolute Gasteiger partial charge is 0.307 e. The van der Waals surface area contributed by atoms with Gasteiger partial charge < -0.3 is 19.9 Å². The molecule has 56 heavy (non-hydrogen) atoms. The summed E-state index contributed by atoms with van der Waals surface area (Å²) in [7, 11) is -3.90. The molecule has 3 heterocycles. The van der Waals surface area contributed by atoms with Gasteiger partial charge in [0.1, 0.15) is 17.2 Å². The average molecular weight is 807 g/mol. The molecule has 0 spiro atoms. The molecule has 0 unspecified atom stereocenters. The molecular weight excluding hydrogens is 756 g/mol. The van der Waals surface area contributed by atoms with Crippen LogP contribution in [0.1, 0.15) is 88.9 Å². The fourth-order valence-electron chi connectivity index (χ4n) is 8.61. The quantitative estimate of drug-likeness (QED) is 0.284. The summed E-state index contributed by atoms with van der Waals surface area (Å²) in [5.41, 5.74) is -0.0163. The van der Waals surface area contributed by atoms with Crippen LogP contribution in [-0.4, -0.2) is 89.9 Å². The summed E-state index contributed by atoms with van der Waals surface area (Å²) < 4.78 is 33.7. The average Bonchev–Trinajstić information content (AvgIpc) is 4.04. The minimum Gasteiger partial charge on any atom is -0.460 e. The number of nitrogens with one attached hydrogen (secondary N) is 2. The number of fused-ring (bicyclic) bond motifs is 4. The van der Waals surface area contributed by atoms with E-state index in [1.165, 1.54) is 0 Å². The van der Waals surface area contributed by atoms with Crippen LogP contribution in [0.15, 0.2) is 60.7 Å². The van der Waals surface area contributed by atoms with Crippen molar-refractivity contribution in [3.8, 4) is 11.1 Å². The topological polar surface area (TPSA) is 159 Å². The van der Waals surface area contributed by atoms with E-state index in [4.69, 9.17) is 16.3 Å². The lowest BCUT2D eigenvalue weighted by Gasteiger charge is -2.33. The van der Waals surface area contributed by atoms with Gasteiger partial charge in [-0.15, -0.1) is 0 Å². The summed E-state index contributed by atoms with van der Waals surface area (Å²) in [5, 5.41) is 2.92. The Balaban J connectivity index is 1.18. The number of halogens is 1. The molecule has 0 aromatic heterocycles. The second-order valence-corrected chi connectivity index (χ2v) is 19.6. The van der Waals surface area contributed by atoms with Crippen molar-refractivity contribution in [2.24, 2.45) is 23.7 Å². The lowest BCUT2D eigenvalue weighted by atomic mass is 9.92. The number of carbonyl (C=O) groups excluding carboxylic acids is 5. The van der Waals surface area contributed by atoms with Crippen LogP contribution in [0.4, 0.5) is 0 Å². The minimum atomic E-state index is -3.90. The molecule has 4 fully saturated rings. The summed E-state index contributed by atoms with van der Waals surface area (Å²) in [5.74, 6) is -4.29. The molecule has 2 aromatic carbocycles. The summed E-state index contributed by atoms with van der Waals surface area (Å²) in [6.45, 7) is 5.98. The Morgan fingerprint density at radius 2 is 1.71 bits per heavy atom. The van der Waals surface area contributed by atoms with Gasteiger partial charge in [-0.2, -0.15) is 0 Å². The molecule has 0 bridgehead atoms. The van der Waals surface area contributed by atoms with Gasteiger partial charge in [0.2, 0.25) is 21.8 Å². The van der Waals surface area contributed by atoms with Crippen LogP contribution < -0.4 is 10.0 Å². The molecule has 12 nitrogen and oxygen atoms in total. The predicted molar refractivity (Wildman–Crippen MR) is 211 cm³/mol. The number of likely N-dealkylation sites (tertiary alicyclic amines) is 1. The standard InChI is InChI=1S/C42H51ClN4O8S/c1-41(2,3)55-35(48)21-29-10-7-5-4-6-8-13-31-22-42(31,40(52)45-56(53,54)33-18-19-33)44-37(49)36-34-25-46(23-30(34)24-47(36)39(29)51)38(50)28-12-9-11-27(20-28)26-14-16-32(43)17-15-26/h8-9,11-17,20,29-31,33-34,36H,4-7,10,18-19,21-25H2,1-3H3,(H,44,49)(H,45,52)/b13-8-/t29-,30-,31+,34-,36-,42+/m0/s1. The van der Waals surface area contributed by atoms with E-state index < -0.39 is 68.0 Å². The van der Waals surface area contributed by atoms with E-state index in [2.05, 4.69) is 10.0 Å². The highest BCUT2D eigenvalue weighted by Gasteiger charge is 2.63. The van der Waals surface area contributed by atoms with E-state index in [0.29, 0.717) is 49.2 Å². The van der Waals surface area contributed by atoms with Crippen molar-refractivity contribution in [1.82, 2.24) is 19.8 Å². The molecular formula is C42H51ClN4O8S. The van der Waals surface area contributed by atoms with Gasteiger partial charge in [-0.3, -0.25) is 28.7 Å². The number of esters is 1. The SMILES string of the molecule is CC(C)(C)OC(=O)C[C@@H]1CCCCC/C=C\[C@@H]2C[C@@]2(C(=O)NS(=O)(=O)C2CC2)NC(=O)[C@@H]2[C@H]3CN(C(=O)c4cccc(-c5ccc(Cl)cc5)c4)C[C@H]3CN2C1=O. The Bertz CT molecular complexity index is 2030. The zero-order valence-electron chi connectivity index (χ0n) is 32.2. The van der Waals surface area contributed by atoms with Gasteiger partial charge in [0.15, 0.2) is 0 Å². The van der Waals surface area contributed by atoms with Gasteiger partial charge in [0.25, 0.3) is 11.8 Å². The maximum atomic E-state index is 14.7. The fourth-order valence-corrected chi connectivity index (χ4v) is 10.1. The number of sulfonamides is 1. The van der Waals surface area contributed by atoms with Gasteiger partial charge in [0, 0.05) is 53.9 Å². The number of nitrogens with zero attached hydrogens (tertiary/aromatic N) is 2. The number of amides is 4. The van der Waals surface area contributed by atoms with Crippen LogP contribution in [0.25, 0.3) is 11.1 Å². The number of benzene rings is 2. The molecule has 7 rings (SSSR count). The van der Waals surface area contributed by atoms with E-state index in [1.54, 1.807) is 48.8 Å². The second-order valence-electron chi connectivity index (χ2n) is 17.2. The van der Waals surface area contributed by atoms with Crippen molar-refractivity contribution >= 4 is 51.2 Å². The highest BCUT2D eigenvalue weighted by atomic mass is 35.5. The zero-order chi connectivity index (χ0) is 40.0. The third-order valence-corrected chi connectivity index (χ3v) is 13.8. The summed E-state index contributed by atoms with van der Waals surface area (Å²) in [6, 6.07) is 13.6. The number of hydrogen-bond donors (Lipinski definition) is 2. The first kappa shape index (κ1) is 40.0. The monoisotopic (exact) mass is 806 g/mol. The Kier molecular flexibility index (Phi) is 11.1. The number of hydrogen-bond acceptors (Lipinski definition) is 8. The van der Waals surface area contributed by atoms with E-state index >= 15 is 0 Å². The molecule has 3 aliphatic heterocycles. The van der Waals surface area contributed by atoms with Gasteiger partial charge >= 0.3 is 5.97 Å². The third-order valence-electron chi connectivity index (χ3n) is 11.7. The van der Waals surface area contributed by atoms with E-state index in [1.807, 2.05) is 42.5 Å². The third kappa shape index (κ3) is 8.68. The van der Waals surface area contributed by atoms with E-state index in [9.17, 15) is 32.4 Å². The Labute approximate surface area is 333 Å². The number of allylic oxidation sites excluding steroid dienone is 1. The Morgan fingerprint density at radius 3 is 2.43 bits per heavy atom. The van der Waals surface area contributed by atoms with Crippen LogP contribution in [0.3, 0.4) is 0 Å². The van der Waals surface area contributed by atoms with Crippen molar-refractivity contribution in [3.63, 3.8) is 0 Å². The van der Waals surface area contributed by atoms with E-state index in [-0.39, 0.29) is 43.7 Å². The minimum absolute atomic E-state index is 0.141. The molecule has 14 heteroatoms. The normalized spacial score (nSPS) is 28.8. The summed E-state index contributed by atoms with van der Waals surface area (Å²) in [6.07, 6.45) is 8.32. The van der Waals surface area contributed by atoms with Crippen LogP contribution in [0.5, 0.6) is 0 Å². The van der Waals surface area contributed by atoms with Crippen molar-refractivity contribution in [2.45, 2.75) is 101 Å². The molecule has 0 radical (unpaired) electrons. The maximum absolute atomic E-state index is 14.7. The van der Waals surface area contributed by atoms with Crippen molar-refractivity contribution in [2.75, 3.05) is 19.6 Å². The number of carbonyl (C=O) groups is 5. The fraction of sp³-hybridized carbons (Fsp3) is 0.548. The number of rotatable bonds is 7. The molecule has 2 aromatic rings. The lowest BCUT2D eigenvalue weighted by Crippen LogP contribution is -2.58. The van der Waals surface area contributed by atoms with Crippen LogP contribution in [0.2, 0.25) is 5.02 Å². The molecule has 2 saturated heterocycles. The molecule has 6 atom stereocenters. The zero-order valence-corrected chi connectivity index (χ0v) is 33.7. The summed E-state index contributed by atoms with van der Waals surface area (Å²) >= 11 is 6.10. The Morgan fingerprint density at radius 1 is 0.964 bits per heavy atom. The molecule has 300 valence electrons. The summed E-state index contributed by atoms with van der Waals surface area (Å²) in [4.78, 5) is 73.6. The lowest BCUT2D eigenvalue weighted by molar-refractivity contribution is -0.159. The van der Waals surface area contributed by atoms with Gasteiger partial charge in [-0.1, -0.05) is 60.9 Å². The van der Waals surface area contributed by atoms with Gasteiger partial charge in [-0.25, -0.2) is 8.42 Å². The Hall–Kier alpha value is -4.23. The van der Waals surface area contributed by atoms with Crippen molar-refractivity contribution < 1.29 is 37.1 Å². The first-order valence-corrected chi connectivity index (χ1v) is 21.7. The van der Waals surface area contributed by atoms with Gasteiger partial charge in [0.05, 0.1) is 11.7 Å². The first-order chi connectivity index (χ1) is 26.5. The highest BCUT2D eigenvalue weighted by molar-refractivity contribution is 7.91. The predicted octanol–water partition coefficient (Wildman–Crippen LogP) is 5.26. The van der Waals surface area contributed by atoms with Crippen molar-refractivity contribution in [1.29, 1.82) is 0 Å². The maximum Gasteiger partial charge on any atom is 0.307 e. The van der Waals surface area contributed by atoms with Crippen LogP contribution >= 0.6 is 11.6 Å². The van der Waals surface area contributed by atoms with Crippen molar-refractivity contribution in [3.05, 3.63) is 71.3 Å². The molecule has 2 N–H and O–H groups in total. The molecule has 2 aliphatic carbocycles. The van der Waals surface area contributed by atoms with Crippen LogP contribution in [0, 0.1) is 23.7 Å². The molecule has 4 amide bonds. The van der Waals surface area contributed by atoms with E-state index in [0.717, 1.165) is 24.0 Å². The van der Waals surface area contributed by atoms with Gasteiger partial charge in [-0.05, 0) is 94.7 Å². The first-order valence-electron chi connectivity index (χ1n) is 19.8.